The van der Waals surface area contributed by atoms with Crippen LogP contribution >= 0.6 is 11.3 Å². The average molecular weight is 276 g/mol. The van der Waals surface area contributed by atoms with Gasteiger partial charge in [0, 0.05) is 25.1 Å². The van der Waals surface area contributed by atoms with E-state index in [0.29, 0.717) is 12.1 Å². The van der Waals surface area contributed by atoms with Crippen LogP contribution in [0, 0.1) is 5.41 Å². The summed E-state index contributed by atoms with van der Waals surface area (Å²) in [7, 11) is 1.82. The Kier molecular flexibility index (Phi) is 3.33. The Labute approximate surface area is 118 Å². The molecule has 0 amide bonds. The van der Waals surface area contributed by atoms with Crippen LogP contribution in [0.3, 0.4) is 0 Å². The van der Waals surface area contributed by atoms with Crippen LogP contribution in [0.15, 0.2) is 23.7 Å². The van der Waals surface area contributed by atoms with E-state index >= 15 is 0 Å². The van der Waals surface area contributed by atoms with Gasteiger partial charge in [0.2, 0.25) is 0 Å². The first-order valence-electron chi connectivity index (χ1n) is 6.69. The lowest BCUT2D eigenvalue weighted by Gasteiger charge is -2.42. The summed E-state index contributed by atoms with van der Waals surface area (Å²) in [4.78, 5) is 4.40. The van der Waals surface area contributed by atoms with Crippen molar-refractivity contribution in [2.75, 3.05) is 13.7 Å². The van der Waals surface area contributed by atoms with Crippen LogP contribution in [0.5, 0.6) is 0 Å². The quantitative estimate of drug-likeness (QED) is 0.913. The summed E-state index contributed by atoms with van der Waals surface area (Å²) in [6.07, 6.45) is 1.31. The molecule has 1 N–H and O–H groups in total. The topological polar surface area (TPSA) is 34.1 Å². The van der Waals surface area contributed by atoms with E-state index in [4.69, 9.17) is 4.74 Å². The number of hydrogen-bond donors (Lipinski definition) is 1. The van der Waals surface area contributed by atoms with Crippen LogP contribution in [0.4, 0.5) is 0 Å². The smallest absolute Gasteiger partial charge is 0.0815 e. The molecule has 1 aromatic heterocycles. The van der Waals surface area contributed by atoms with Crippen molar-refractivity contribution in [3.05, 3.63) is 29.3 Å². The second kappa shape index (κ2) is 4.85. The van der Waals surface area contributed by atoms with E-state index in [1.165, 1.54) is 10.3 Å². The highest BCUT2D eigenvalue weighted by Crippen LogP contribution is 2.36. The van der Waals surface area contributed by atoms with E-state index in [2.05, 4.69) is 42.3 Å². The zero-order chi connectivity index (χ0) is 13.5. The van der Waals surface area contributed by atoms with Gasteiger partial charge in [-0.3, -0.25) is 0 Å². The Hall–Kier alpha value is -0.970. The Bertz CT molecular complexity index is 578. The number of nitrogens with zero attached hydrogens (tertiary/aromatic N) is 1. The molecule has 102 valence electrons. The van der Waals surface area contributed by atoms with Crippen molar-refractivity contribution >= 4 is 21.6 Å². The van der Waals surface area contributed by atoms with Crippen molar-refractivity contribution < 1.29 is 4.74 Å². The summed E-state index contributed by atoms with van der Waals surface area (Å²) < 4.78 is 6.93. The van der Waals surface area contributed by atoms with Gasteiger partial charge in [0.15, 0.2) is 0 Å². The first kappa shape index (κ1) is 13.0. The molecule has 4 heteroatoms. The third-order valence-corrected chi connectivity index (χ3v) is 4.98. The summed E-state index contributed by atoms with van der Waals surface area (Å²) in [6.45, 7) is 5.49. The van der Waals surface area contributed by atoms with Gasteiger partial charge in [-0.05, 0) is 24.1 Å². The first-order valence-corrected chi connectivity index (χ1v) is 7.57. The number of fused-ring (bicyclic) bond motifs is 1. The van der Waals surface area contributed by atoms with Gasteiger partial charge in [0.25, 0.3) is 0 Å². The molecule has 2 heterocycles. The maximum Gasteiger partial charge on any atom is 0.0815 e. The Balaban J connectivity index is 1.86. The normalized spacial score (nSPS) is 26.7. The minimum absolute atomic E-state index is 0.190. The predicted octanol–water partition coefficient (Wildman–Crippen LogP) is 3.37. The fraction of sp³-hybridized carbons (Fsp3) is 0.533. The minimum Gasteiger partial charge on any atom is -0.381 e. The zero-order valence-corrected chi connectivity index (χ0v) is 12.5. The van der Waals surface area contributed by atoms with Crippen molar-refractivity contribution in [1.82, 2.24) is 10.3 Å². The van der Waals surface area contributed by atoms with Crippen LogP contribution in [0.1, 0.15) is 31.9 Å². The molecular weight excluding hydrogens is 256 g/mol. The summed E-state index contributed by atoms with van der Waals surface area (Å²) >= 11 is 1.69. The van der Waals surface area contributed by atoms with Gasteiger partial charge in [-0.2, -0.15) is 0 Å². The molecule has 0 radical (unpaired) electrons. The first-order chi connectivity index (χ1) is 9.10. The molecule has 0 spiro atoms. The molecule has 1 aromatic carbocycles. The van der Waals surface area contributed by atoms with Gasteiger partial charge >= 0.3 is 0 Å². The second-order valence-corrected chi connectivity index (χ2v) is 6.85. The lowest BCUT2D eigenvalue weighted by atomic mass is 9.78. The van der Waals surface area contributed by atoms with Crippen LogP contribution in [0.25, 0.3) is 10.2 Å². The van der Waals surface area contributed by atoms with Crippen molar-refractivity contribution in [3.63, 3.8) is 0 Å². The molecule has 1 aliphatic rings. The monoisotopic (exact) mass is 276 g/mol. The van der Waals surface area contributed by atoms with E-state index in [9.17, 15) is 0 Å². The Morgan fingerprint density at radius 3 is 3.05 bits per heavy atom. The summed E-state index contributed by atoms with van der Waals surface area (Å²) in [5.74, 6) is 0. The predicted molar refractivity (Wildman–Crippen MR) is 79.6 cm³/mol. The van der Waals surface area contributed by atoms with Crippen LogP contribution in [-0.4, -0.2) is 24.7 Å². The summed E-state index contributed by atoms with van der Waals surface area (Å²) in [5.41, 5.74) is 4.51. The molecule has 1 aliphatic heterocycles. The van der Waals surface area contributed by atoms with Gasteiger partial charge in [0.1, 0.15) is 0 Å². The number of aromatic nitrogens is 1. The van der Waals surface area contributed by atoms with Crippen molar-refractivity contribution in [1.29, 1.82) is 0 Å². The largest absolute Gasteiger partial charge is 0.381 e. The number of methoxy groups -OCH3 is 1. The molecule has 19 heavy (non-hydrogen) atoms. The molecule has 0 saturated carbocycles. The third-order valence-electron chi connectivity index (χ3n) is 4.17. The molecule has 0 aliphatic carbocycles. The van der Waals surface area contributed by atoms with E-state index in [1.54, 1.807) is 11.3 Å². The molecular formula is C15H20N2OS. The van der Waals surface area contributed by atoms with Crippen LogP contribution < -0.4 is 5.32 Å². The Morgan fingerprint density at radius 1 is 1.42 bits per heavy atom. The molecule has 1 fully saturated rings. The highest BCUT2D eigenvalue weighted by atomic mass is 32.1. The number of piperidine rings is 1. The number of thiazole rings is 1. The number of rotatable bonds is 2. The van der Waals surface area contributed by atoms with E-state index < -0.39 is 0 Å². The SMILES string of the molecule is COC1C[C@@H](c2ccc3scnc3c2)NCC1(C)C. The molecule has 2 atom stereocenters. The fourth-order valence-corrected chi connectivity index (χ4v) is 3.54. The minimum atomic E-state index is 0.190. The molecule has 1 unspecified atom stereocenters. The van der Waals surface area contributed by atoms with Gasteiger partial charge in [-0.25, -0.2) is 4.98 Å². The van der Waals surface area contributed by atoms with E-state index in [-0.39, 0.29) is 5.41 Å². The fourth-order valence-electron chi connectivity index (χ4n) is 2.88. The Morgan fingerprint density at radius 2 is 2.26 bits per heavy atom. The summed E-state index contributed by atoms with van der Waals surface area (Å²) in [6, 6.07) is 6.95. The van der Waals surface area contributed by atoms with E-state index in [1.807, 2.05) is 12.6 Å². The number of ether oxygens (including phenoxy) is 1. The van der Waals surface area contributed by atoms with Crippen LogP contribution in [-0.2, 0) is 4.74 Å². The maximum absolute atomic E-state index is 5.68. The number of hydrogen-bond acceptors (Lipinski definition) is 4. The standard InChI is InChI=1S/C15H20N2OS/c1-15(2)8-16-11(7-14(15)18-3)10-4-5-13-12(6-10)17-9-19-13/h4-6,9,11,14,16H,7-8H2,1-3H3/t11-,14?/m0/s1. The summed E-state index contributed by atoms with van der Waals surface area (Å²) in [5, 5.41) is 3.64. The van der Waals surface area contributed by atoms with Crippen molar-refractivity contribution in [3.8, 4) is 0 Å². The molecule has 3 nitrogen and oxygen atoms in total. The highest BCUT2D eigenvalue weighted by Gasteiger charge is 2.36. The maximum atomic E-state index is 5.68. The molecule has 3 rings (SSSR count). The van der Waals surface area contributed by atoms with Gasteiger partial charge in [-0.15, -0.1) is 11.3 Å². The second-order valence-electron chi connectivity index (χ2n) is 5.96. The van der Waals surface area contributed by atoms with Crippen LogP contribution in [0.2, 0.25) is 0 Å². The lowest BCUT2D eigenvalue weighted by molar-refractivity contribution is -0.0270. The highest BCUT2D eigenvalue weighted by molar-refractivity contribution is 7.16. The average Bonchev–Trinajstić information content (AvgIpc) is 2.85. The molecule has 1 saturated heterocycles. The van der Waals surface area contributed by atoms with Crippen molar-refractivity contribution in [2.24, 2.45) is 5.41 Å². The van der Waals surface area contributed by atoms with E-state index in [0.717, 1.165) is 18.5 Å². The number of benzene rings is 1. The van der Waals surface area contributed by atoms with Gasteiger partial charge in [-0.1, -0.05) is 19.9 Å². The number of nitrogens with one attached hydrogen (secondary N) is 1. The van der Waals surface area contributed by atoms with Gasteiger partial charge < -0.3 is 10.1 Å². The molecule has 0 bridgehead atoms. The molecule has 2 aromatic rings. The third kappa shape index (κ3) is 2.40. The van der Waals surface area contributed by atoms with Crippen molar-refractivity contribution in [2.45, 2.75) is 32.4 Å². The zero-order valence-electron chi connectivity index (χ0n) is 11.6. The van der Waals surface area contributed by atoms with Gasteiger partial charge in [0.05, 0.1) is 21.8 Å². The lowest BCUT2D eigenvalue weighted by Crippen LogP contribution is -2.48.